The number of piperazine rings is 1. The summed E-state index contributed by atoms with van der Waals surface area (Å²) in [5.74, 6) is 0.992. The van der Waals surface area contributed by atoms with Crippen molar-refractivity contribution in [3.63, 3.8) is 0 Å². The number of nitrogens with one attached hydrogen (secondary N) is 1. The number of carbonyl (C=O) groups is 1. The highest BCUT2D eigenvalue weighted by molar-refractivity contribution is 5.93. The summed E-state index contributed by atoms with van der Waals surface area (Å²) in [6.45, 7) is 4.89. The molecule has 1 aliphatic rings. The largest absolute Gasteiger partial charge is 0.340 e. The highest BCUT2D eigenvalue weighted by Gasteiger charge is 2.22. The Morgan fingerprint density at radius 3 is 2.68 bits per heavy atom. The molecule has 7 heteroatoms. The fraction of sp³-hybridized carbons (Fsp3) is 0.333. The number of likely N-dealkylation sites (N-methyl/N-ethyl adjacent to an activating group) is 1. The molecule has 2 aromatic rings. The average molecular weight is 336 g/mol. The molecule has 1 amide bonds. The van der Waals surface area contributed by atoms with Crippen LogP contribution < -0.4 is 5.32 Å². The van der Waals surface area contributed by atoms with Crippen LogP contribution in [0.1, 0.15) is 21.9 Å². The molecule has 0 spiro atoms. The van der Waals surface area contributed by atoms with Crippen molar-refractivity contribution < 1.29 is 4.79 Å². The summed E-state index contributed by atoms with van der Waals surface area (Å²) in [5.41, 5.74) is 1.69. The van der Waals surface area contributed by atoms with Gasteiger partial charge in [0.15, 0.2) is 0 Å². The van der Waals surface area contributed by atoms with E-state index in [-0.39, 0.29) is 5.91 Å². The summed E-state index contributed by atoms with van der Waals surface area (Å²) in [7, 11) is 2.05. The van der Waals surface area contributed by atoms with Gasteiger partial charge >= 0.3 is 0 Å². The monoisotopic (exact) mass is 336 g/mol. The average Bonchev–Trinajstić information content (AvgIpc) is 2.61. The van der Waals surface area contributed by atoms with Crippen molar-refractivity contribution in [2.75, 3.05) is 38.5 Å². The van der Waals surface area contributed by atoms with Crippen LogP contribution in [0.3, 0.4) is 0 Å². The van der Waals surface area contributed by atoms with Crippen molar-refractivity contribution in [3.8, 4) is 6.07 Å². The van der Waals surface area contributed by atoms with Gasteiger partial charge in [0.25, 0.3) is 5.91 Å². The van der Waals surface area contributed by atoms with Gasteiger partial charge in [-0.2, -0.15) is 5.26 Å². The molecule has 7 nitrogen and oxygen atoms in total. The van der Waals surface area contributed by atoms with E-state index in [1.807, 2.05) is 18.0 Å². The van der Waals surface area contributed by atoms with Crippen LogP contribution in [0, 0.1) is 18.3 Å². The van der Waals surface area contributed by atoms with Gasteiger partial charge in [0.2, 0.25) is 0 Å². The normalized spacial score (nSPS) is 14.8. The highest BCUT2D eigenvalue weighted by atomic mass is 16.2. The maximum Gasteiger partial charge on any atom is 0.272 e. The predicted molar refractivity (Wildman–Crippen MR) is 94.6 cm³/mol. The van der Waals surface area contributed by atoms with E-state index in [1.54, 1.807) is 31.2 Å². The van der Waals surface area contributed by atoms with Crippen molar-refractivity contribution in [2.24, 2.45) is 0 Å². The zero-order valence-electron chi connectivity index (χ0n) is 14.4. The van der Waals surface area contributed by atoms with Crippen molar-refractivity contribution in [2.45, 2.75) is 6.92 Å². The third kappa shape index (κ3) is 4.11. The Hall–Kier alpha value is -2.98. The zero-order chi connectivity index (χ0) is 17.8. The van der Waals surface area contributed by atoms with E-state index in [1.165, 1.54) is 0 Å². The van der Waals surface area contributed by atoms with Crippen LogP contribution in [0.2, 0.25) is 0 Å². The molecule has 0 aliphatic carbocycles. The van der Waals surface area contributed by atoms with Crippen LogP contribution in [-0.4, -0.2) is 58.9 Å². The number of benzene rings is 1. The lowest BCUT2D eigenvalue weighted by Crippen LogP contribution is -2.47. The smallest absolute Gasteiger partial charge is 0.272 e. The minimum absolute atomic E-state index is 0.0765. The lowest BCUT2D eigenvalue weighted by atomic mass is 10.2. The Kier molecular flexibility index (Phi) is 4.91. The molecule has 1 aliphatic heterocycles. The summed E-state index contributed by atoms with van der Waals surface area (Å²) >= 11 is 0. The molecule has 3 rings (SSSR count). The van der Waals surface area contributed by atoms with E-state index in [0.717, 1.165) is 18.8 Å². The summed E-state index contributed by atoms with van der Waals surface area (Å²) < 4.78 is 0. The number of anilines is 2. The van der Waals surface area contributed by atoms with Gasteiger partial charge < -0.3 is 15.1 Å². The van der Waals surface area contributed by atoms with Gasteiger partial charge in [-0.1, -0.05) is 6.07 Å². The van der Waals surface area contributed by atoms with Crippen LogP contribution in [0.4, 0.5) is 11.5 Å². The minimum Gasteiger partial charge on any atom is -0.340 e. The Balaban J connectivity index is 1.80. The number of rotatable bonds is 3. The number of hydrogen-bond acceptors (Lipinski definition) is 6. The zero-order valence-corrected chi connectivity index (χ0v) is 14.4. The molecule has 2 heterocycles. The fourth-order valence-electron chi connectivity index (χ4n) is 2.73. The second kappa shape index (κ2) is 7.28. The van der Waals surface area contributed by atoms with Crippen molar-refractivity contribution in [1.29, 1.82) is 5.26 Å². The molecular formula is C18H20N6O. The molecule has 0 radical (unpaired) electrons. The summed E-state index contributed by atoms with van der Waals surface area (Å²) in [6, 6.07) is 10.9. The van der Waals surface area contributed by atoms with Crippen LogP contribution in [-0.2, 0) is 0 Å². The van der Waals surface area contributed by atoms with Gasteiger partial charge in [-0.15, -0.1) is 0 Å². The van der Waals surface area contributed by atoms with Crippen molar-refractivity contribution in [1.82, 2.24) is 19.8 Å². The van der Waals surface area contributed by atoms with Gasteiger partial charge in [0.1, 0.15) is 17.3 Å². The number of amides is 1. The number of aryl methyl sites for hydroxylation is 1. The van der Waals surface area contributed by atoms with E-state index in [0.29, 0.717) is 36.0 Å². The first-order chi connectivity index (χ1) is 12.0. The quantitative estimate of drug-likeness (QED) is 0.920. The Labute approximate surface area is 146 Å². The lowest BCUT2D eigenvalue weighted by Gasteiger charge is -2.32. The molecule has 0 unspecified atom stereocenters. The number of nitriles is 1. The van der Waals surface area contributed by atoms with Crippen LogP contribution >= 0.6 is 0 Å². The number of nitrogens with zero attached hydrogens (tertiary/aromatic N) is 5. The third-order valence-corrected chi connectivity index (χ3v) is 4.11. The van der Waals surface area contributed by atoms with Crippen molar-refractivity contribution >= 4 is 17.4 Å². The first-order valence-electron chi connectivity index (χ1n) is 8.16. The standard InChI is InChI=1S/C18H20N6O/c1-13-20-16(18(25)24-8-6-23(2)7-9-24)11-17(21-13)22-15-5-3-4-14(10-15)12-19/h3-5,10-11H,6-9H2,1-2H3,(H,20,21,22). The molecular weight excluding hydrogens is 316 g/mol. The predicted octanol–water partition coefficient (Wildman–Crippen LogP) is 1.79. The fourth-order valence-corrected chi connectivity index (χ4v) is 2.73. The lowest BCUT2D eigenvalue weighted by molar-refractivity contribution is 0.0658. The molecule has 0 saturated carbocycles. The van der Waals surface area contributed by atoms with Crippen molar-refractivity contribution in [3.05, 3.63) is 47.4 Å². The van der Waals surface area contributed by atoms with E-state index in [9.17, 15) is 4.79 Å². The van der Waals surface area contributed by atoms with Gasteiger partial charge in [-0.3, -0.25) is 4.79 Å². The molecule has 1 saturated heterocycles. The van der Waals surface area contributed by atoms with Crippen LogP contribution in [0.5, 0.6) is 0 Å². The van der Waals surface area contributed by atoms with E-state index in [4.69, 9.17) is 5.26 Å². The second-order valence-electron chi connectivity index (χ2n) is 6.10. The number of carbonyl (C=O) groups excluding carboxylic acids is 1. The maximum atomic E-state index is 12.7. The maximum absolute atomic E-state index is 12.7. The molecule has 1 fully saturated rings. The summed E-state index contributed by atoms with van der Waals surface area (Å²) in [6.07, 6.45) is 0. The second-order valence-corrected chi connectivity index (χ2v) is 6.10. The molecule has 0 bridgehead atoms. The topological polar surface area (TPSA) is 85.1 Å². The van der Waals surface area contributed by atoms with E-state index < -0.39 is 0 Å². The number of hydrogen-bond donors (Lipinski definition) is 1. The minimum atomic E-state index is -0.0765. The summed E-state index contributed by atoms with van der Waals surface area (Å²) in [5, 5.41) is 12.1. The summed E-state index contributed by atoms with van der Waals surface area (Å²) in [4.78, 5) is 25.4. The first-order valence-corrected chi connectivity index (χ1v) is 8.16. The molecule has 25 heavy (non-hydrogen) atoms. The molecule has 1 N–H and O–H groups in total. The van der Waals surface area contributed by atoms with Gasteiger partial charge in [0, 0.05) is 37.9 Å². The highest BCUT2D eigenvalue weighted by Crippen LogP contribution is 2.17. The van der Waals surface area contributed by atoms with Gasteiger partial charge in [0.05, 0.1) is 11.6 Å². The molecule has 1 aromatic heterocycles. The SMILES string of the molecule is Cc1nc(Nc2cccc(C#N)c2)cc(C(=O)N2CCN(C)CC2)n1. The van der Waals surface area contributed by atoms with Gasteiger partial charge in [-0.25, -0.2) is 9.97 Å². The Bertz CT molecular complexity index is 821. The van der Waals surface area contributed by atoms with E-state index >= 15 is 0 Å². The molecule has 0 atom stereocenters. The number of aromatic nitrogens is 2. The Morgan fingerprint density at radius 1 is 1.20 bits per heavy atom. The molecule has 1 aromatic carbocycles. The first kappa shape index (κ1) is 16.9. The van der Waals surface area contributed by atoms with Crippen LogP contribution in [0.15, 0.2) is 30.3 Å². The third-order valence-electron chi connectivity index (χ3n) is 4.11. The van der Waals surface area contributed by atoms with E-state index in [2.05, 4.69) is 26.3 Å². The van der Waals surface area contributed by atoms with Crippen LogP contribution in [0.25, 0.3) is 0 Å². The molecule has 128 valence electrons. The Morgan fingerprint density at radius 2 is 1.96 bits per heavy atom. The van der Waals surface area contributed by atoms with Gasteiger partial charge in [-0.05, 0) is 32.2 Å².